The van der Waals surface area contributed by atoms with Gasteiger partial charge in [-0.1, -0.05) is 23.7 Å². The summed E-state index contributed by atoms with van der Waals surface area (Å²) in [5.74, 6) is -0.825. The van der Waals surface area contributed by atoms with Gasteiger partial charge in [-0.25, -0.2) is 4.39 Å². The van der Waals surface area contributed by atoms with Crippen molar-refractivity contribution in [3.63, 3.8) is 0 Å². The van der Waals surface area contributed by atoms with Crippen LogP contribution in [0.4, 0.5) is 15.8 Å². The molecule has 6 nitrogen and oxygen atoms in total. The number of hydrogen-bond acceptors (Lipinski definition) is 4. The smallest absolute Gasteiger partial charge is 0.271 e. The maximum atomic E-state index is 14.0. The number of anilines is 1. The quantitative estimate of drug-likeness (QED) is 0.611. The van der Waals surface area contributed by atoms with E-state index in [0.29, 0.717) is 35.8 Å². The number of carbonyl (C=O) groups excluding carboxylic acids is 1. The van der Waals surface area contributed by atoms with E-state index in [0.717, 1.165) is 13.0 Å². The number of piperidine rings is 1. The Bertz CT molecular complexity index is 842. The van der Waals surface area contributed by atoms with E-state index in [1.165, 1.54) is 24.3 Å². The first-order chi connectivity index (χ1) is 12.9. The summed E-state index contributed by atoms with van der Waals surface area (Å²) < 4.78 is 14.0. The van der Waals surface area contributed by atoms with Crippen molar-refractivity contribution in [2.75, 3.05) is 18.4 Å². The molecule has 27 heavy (non-hydrogen) atoms. The van der Waals surface area contributed by atoms with Crippen molar-refractivity contribution in [1.29, 1.82) is 0 Å². The molecule has 0 spiro atoms. The van der Waals surface area contributed by atoms with E-state index in [4.69, 9.17) is 11.6 Å². The van der Waals surface area contributed by atoms with Crippen LogP contribution < -0.4 is 5.32 Å². The second-order valence-corrected chi connectivity index (χ2v) is 6.98. The molecule has 2 aromatic rings. The van der Waals surface area contributed by atoms with Gasteiger partial charge in [-0.05, 0) is 37.6 Å². The zero-order valence-electron chi connectivity index (χ0n) is 14.5. The number of carbonyl (C=O) groups is 1. The van der Waals surface area contributed by atoms with Crippen LogP contribution in [-0.2, 0) is 11.3 Å². The summed E-state index contributed by atoms with van der Waals surface area (Å²) in [6.45, 7) is 1.57. The van der Waals surface area contributed by atoms with E-state index < -0.39 is 4.92 Å². The van der Waals surface area contributed by atoms with E-state index >= 15 is 0 Å². The first-order valence-electron chi connectivity index (χ1n) is 8.64. The van der Waals surface area contributed by atoms with Crippen molar-refractivity contribution >= 4 is 28.9 Å². The van der Waals surface area contributed by atoms with Gasteiger partial charge in [0, 0.05) is 41.5 Å². The van der Waals surface area contributed by atoms with Crippen molar-refractivity contribution in [1.82, 2.24) is 4.90 Å². The van der Waals surface area contributed by atoms with Gasteiger partial charge in [0.25, 0.3) is 5.69 Å². The average molecular weight is 392 g/mol. The number of nitro groups is 1. The Balaban J connectivity index is 1.64. The third kappa shape index (κ3) is 4.81. The Hall–Kier alpha value is -2.51. The number of halogens is 2. The summed E-state index contributed by atoms with van der Waals surface area (Å²) in [6, 6.07) is 10.4. The molecular weight excluding hydrogens is 373 g/mol. The Morgan fingerprint density at radius 2 is 2.11 bits per heavy atom. The van der Waals surface area contributed by atoms with Crippen LogP contribution >= 0.6 is 11.6 Å². The molecular formula is C19H19ClFN3O3. The lowest BCUT2D eigenvalue weighted by Crippen LogP contribution is -2.40. The van der Waals surface area contributed by atoms with Crippen LogP contribution in [-0.4, -0.2) is 28.8 Å². The largest absolute Gasteiger partial charge is 0.326 e. The van der Waals surface area contributed by atoms with Gasteiger partial charge in [0.1, 0.15) is 5.82 Å². The molecule has 0 saturated carbocycles. The fraction of sp³-hybridized carbons (Fsp3) is 0.316. The molecule has 1 atom stereocenters. The lowest BCUT2D eigenvalue weighted by atomic mass is 9.96. The highest BCUT2D eigenvalue weighted by atomic mass is 35.5. The van der Waals surface area contributed by atoms with Crippen molar-refractivity contribution < 1.29 is 14.1 Å². The monoisotopic (exact) mass is 391 g/mol. The maximum Gasteiger partial charge on any atom is 0.271 e. The Kier molecular flexibility index (Phi) is 6.03. The molecule has 8 heteroatoms. The first-order valence-corrected chi connectivity index (χ1v) is 9.02. The normalized spacial score (nSPS) is 17.5. The molecule has 1 heterocycles. The molecule has 1 aliphatic rings. The summed E-state index contributed by atoms with van der Waals surface area (Å²) in [5.41, 5.74) is 0.745. The molecule has 2 aromatic carbocycles. The van der Waals surface area contributed by atoms with Crippen LogP contribution in [0.3, 0.4) is 0 Å². The molecule has 0 bridgehead atoms. The number of hydrogen-bond donors (Lipinski definition) is 1. The number of likely N-dealkylation sites (tertiary alicyclic amines) is 1. The van der Waals surface area contributed by atoms with E-state index in [-0.39, 0.29) is 23.3 Å². The van der Waals surface area contributed by atoms with Crippen LogP contribution in [0.25, 0.3) is 0 Å². The zero-order valence-corrected chi connectivity index (χ0v) is 15.3. The fourth-order valence-corrected chi connectivity index (χ4v) is 3.48. The summed E-state index contributed by atoms with van der Waals surface area (Å²) >= 11 is 6.09. The number of nitro benzene ring substituents is 1. The van der Waals surface area contributed by atoms with E-state index in [2.05, 4.69) is 5.32 Å². The fourth-order valence-electron chi connectivity index (χ4n) is 3.26. The standard InChI is InChI=1S/C19H19ClFN3O3/c20-17-7-2-8-18(21)16(17)12-23-9-3-4-13(11-23)19(25)22-14-5-1-6-15(10-14)24(26)27/h1-2,5-8,10,13H,3-4,9,11-12H2,(H,22,25). The molecule has 3 rings (SSSR count). The van der Waals surface area contributed by atoms with Crippen LogP contribution in [0.1, 0.15) is 18.4 Å². The minimum absolute atomic E-state index is 0.0766. The Morgan fingerprint density at radius 3 is 2.85 bits per heavy atom. The third-order valence-electron chi connectivity index (χ3n) is 4.64. The van der Waals surface area contributed by atoms with E-state index in [9.17, 15) is 19.3 Å². The molecule has 1 saturated heterocycles. The lowest BCUT2D eigenvalue weighted by molar-refractivity contribution is -0.384. The molecule has 0 aromatic heterocycles. The number of rotatable bonds is 5. The first kappa shape index (κ1) is 19.3. The Labute approximate surface area is 161 Å². The maximum absolute atomic E-state index is 14.0. The highest BCUT2D eigenvalue weighted by Gasteiger charge is 2.27. The van der Waals surface area contributed by atoms with Gasteiger partial charge in [0.05, 0.1) is 10.8 Å². The molecule has 1 fully saturated rings. The highest BCUT2D eigenvalue weighted by Crippen LogP contribution is 2.25. The Morgan fingerprint density at radius 1 is 1.33 bits per heavy atom. The molecule has 0 aliphatic carbocycles. The molecule has 1 aliphatic heterocycles. The minimum Gasteiger partial charge on any atom is -0.326 e. The summed E-state index contributed by atoms with van der Waals surface area (Å²) in [5, 5.41) is 14.0. The lowest BCUT2D eigenvalue weighted by Gasteiger charge is -2.32. The van der Waals surface area contributed by atoms with Crippen LogP contribution in [0, 0.1) is 21.8 Å². The summed E-state index contributed by atoms with van der Waals surface area (Å²) in [7, 11) is 0. The molecule has 1 N–H and O–H groups in total. The van der Waals surface area contributed by atoms with E-state index in [1.54, 1.807) is 18.2 Å². The number of nitrogens with zero attached hydrogens (tertiary/aromatic N) is 2. The zero-order chi connectivity index (χ0) is 19.4. The summed E-state index contributed by atoms with van der Waals surface area (Å²) in [4.78, 5) is 24.9. The van der Waals surface area contributed by atoms with Gasteiger partial charge < -0.3 is 5.32 Å². The predicted octanol–water partition coefficient (Wildman–Crippen LogP) is 4.24. The molecule has 142 valence electrons. The van der Waals surface area contributed by atoms with Gasteiger partial charge in [-0.3, -0.25) is 19.8 Å². The molecule has 1 unspecified atom stereocenters. The van der Waals surface area contributed by atoms with Gasteiger partial charge in [0.2, 0.25) is 5.91 Å². The molecule has 0 radical (unpaired) electrons. The van der Waals surface area contributed by atoms with Gasteiger partial charge >= 0.3 is 0 Å². The van der Waals surface area contributed by atoms with Crippen molar-refractivity contribution in [2.24, 2.45) is 5.92 Å². The number of non-ortho nitro benzene ring substituents is 1. The van der Waals surface area contributed by atoms with Crippen LogP contribution in [0.5, 0.6) is 0 Å². The highest BCUT2D eigenvalue weighted by molar-refractivity contribution is 6.31. The van der Waals surface area contributed by atoms with Crippen LogP contribution in [0.2, 0.25) is 5.02 Å². The average Bonchev–Trinajstić information content (AvgIpc) is 2.65. The second kappa shape index (κ2) is 8.45. The molecule has 1 amide bonds. The van der Waals surface area contributed by atoms with Gasteiger partial charge in [-0.2, -0.15) is 0 Å². The summed E-state index contributed by atoms with van der Waals surface area (Å²) in [6.07, 6.45) is 1.52. The number of nitrogens with one attached hydrogen (secondary N) is 1. The van der Waals surface area contributed by atoms with Crippen molar-refractivity contribution in [2.45, 2.75) is 19.4 Å². The van der Waals surface area contributed by atoms with Crippen molar-refractivity contribution in [3.8, 4) is 0 Å². The minimum atomic E-state index is -0.504. The number of benzene rings is 2. The van der Waals surface area contributed by atoms with Gasteiger partial charge in [0.15, 0.2) is 0 Å². The number of amides is 1. The topological polar surface area (TPSA) is 75.5 Å². The van der Waals surface area contributed by atoms with Crippen molar-refractivity contribution in [3.05, 3.63) is 69.0 Å². The second-order valence-electron chi connectivity index (χ2n) is 6.57. The van der Waals surface area contributed by atoms with Gasteiger partial charge in [-0.15, -0.1) is 0 Å². The van der Waals surface area contributed by atoms with E-state index in [1.807, 2.05) is 4.90 Å². The predicted molar refractivity (Wildman–Crippen MR) is 101 cm³/mol. The van der Waals surface area contributed by atoms with Crippen LogP contribution in [0.15, 0.2) is 42.5 Å². The third-order valence-corrected chi connectivity index (χ3v) is 5.00. The SMILES string of the molecule is O=C(Nc1cccc([N+](=O)[O-])c1)C1CCCN(Cc2c(F)cccc2Cl)C1.